The molecule has 0 spiro atoms. The number of benzene rings is 1. The fraction of sp³-hybridized carbons (Fsp3) is 0.429. The molecule has 1 aromatic rings. The van der Waals surface area contributed by atoms with Gasteiger partial charge in [-0.3, -0.25) is 0 Å². The van der Waals surface area contributed by atoms with Gasteiger partial charge < -0.3 is 9.16 Å². The van der Waals surface area contributed by atoms with Gasteiger partial charge in [-0.25, -0.2) is 0 Å². The Labute approximate surface area is 105 Å². The summed E-state index contributed by atoms with van der Waals surface area (Å²) in [4.78, 5) is 0. The van der Waals surface area contributed by atoms with Crippen molar-refractivity contribution >= 4 is 19.6 Å². The minimum Gasteiger partial charge on any atom is -0.411 e. The van der Waals surface area contributed by atoms with Crippen LogP contribution in [0.4, 0.5) is 0 Å². The van der Waals surface area contributed by atoms with E-state index in [1.54, 1.807) is 0 Å². The lowest BCUT2D eigenvalue weighted by atomic mass is 10.2. The first kappa shape index (κ1) is 14.2. The van der Waals surface area contributed by atoms with Gasteiger partial charge in [0.1, 0.15) is 0 Å². The van der Waals surface area contributed by atoms with Crippen LogP contribution in [0.2, 0.25) is 6.55 Å². The zero-order chi connectivity index (χ0) is 12.7. The molecule has 1 aromatic carbocycles. The number of hydrogen-bond acceptors (Lipinski definition) is 2. The Bertz CT molecular complexity index is 348. The first-order chi connectivity index (χ1) is 8.16. The van der Waals surface area contributed by atoms with E-state index in [1.807, 2.05) is 19.9 Å². The van der Waals surface area contributed by atoms with Gasteiger partial charge in [0.15, 0.2) is 0 Å². The van der Waals surface area contributed by atoms with Gasteiger partial charge in [0.05, 0.1) is 6.23 Å². The average molecular weight is 250 g/mol. The maximum Gasteiger partial charge on any atom is 0.246 e. The Balaban J connectivity index is 2.90. The van der Waals surface area contributed by atoms with Crippen LogP contribution in [0.1, 0.15) is 19.4 Å². The molecule has 17 heavy (non-hydrogen) atoms. The Morgan fingerprint density at radius 2 is 1.82 bits per heavy atom. The summed E-state index contributed by atoms with van der Waals surface area (Å²) >= 11 is 0. The molecule has 0 aromatic heterocycles. The molecule has 0 N–H and O–H groups in total. The molecule has 0 saturated carbocycles. The third-order valence-electron chi connectivity index (χ3n) is 2.80. The molecule has 1 unspecified atom stereocenters. The average Bonchev–Trinajstić information content (AvgIpc) is 2.37. The van der Waals surface area contributed by atoms with E-state index in [0.29, 0.717) is 6.23 Å². The summed E-state index contributed by atoms with van der Waals surface area (Å²) in [6, 6.07) is 8.44. The number of ether oxygens (including phenoxy) is 1. The summed E-state index contributed by atoms with van der Waals surface area (Å²) in [7, 11) is -1.94. The highest BCUT2D eigenvalue weighted by Crippen LogP contribution is 2.09. The number of hydrogen-bond donors (Lipinski definition) is 0. The zero-order valence-corrected chi connectivity index (χ0v) is 12.0. The van der Waals surface area contributed by atoms with Crippen molar-refractivity contribution in [2.24, 2.45) is 0 Å². The van der Waals surface area contributed by atoms with E-state index in [1.165, 1.54) is 5.19 Å². The minimum atomic E-state index is -1.94. The SMILES string of the molecule is C=Cc1ccc([Si](C)(COCC)OCC)cc1. The van der Waals surface area contributed by atoms with Crippen LogP contribution in [-0.4, -0.2) is 27.8 Å². The quantitative estimate of drug-likeness (QED) is 0.693. The van der Waals surface area contributed by atoms with E-state index in [9.17, 15) is 0 Å². The molecule has 0 fully saturated rings. The van der Waals surface area contributed by atoms with E-state index in [0.717, 1.165) is 18.8 Å². The number of rotatable bonds is 7. The van der Waals surface area contributed by atoms with Crippen molar-refractivity contribution in [1.29, 1.82) is 0 Å². The molecule has 2 nitrogen and oxygen atoms in total. The second-order valence-electron chi connectivity index (χ2n) is 4.13. The molecule has 0 aliphatic rings. The highest BCUT2D eigenvalue weighted by Gasteiger charge is 2.31. The Hall–Kier alpha value is -0.903. The molecule has 0 aliphatic carbocycles. The maximum absolute atomic E-state index is 5.98. The van der Waals surface area contributed by atoms with E-state index in [-0.39, 0.29) is 0 Å². The lowest BCUT2D eigenvalue weighted by Crippen LogP contribution is -2.52. The molecule has 3 heteroatoms. The van der Waals surface area contributed by atoms with Gasteiger partial charge in [-0.2, -0.15) is 0 Å². The summed E-state index contributed by atoms with van der Waals surface area (Å²) in [6.07, 6.45) is 2.57. The molecule has 0 aliphatic heterocycles. The highest BCUT2D eigenvalue weighted by molar-refractivity contribution is 6.85. The molecule has 1 atom stereocenters. The lowest BCUT2D eigenvalue weighted by molar-refractivity contribution is 0.169. The molecule has 94 valence electrons. The Morgan fingerprint density at radius 3 is 2.29 bits per heavy atom. The molecule has 0 saturated heterocycles. The summed E-state index contributed by atoms with van der Waals surface area (Å²) in [5, 5.41) is 1.28. The smallest absolute Gasteiger partial charge is 0.246 e. The van der Waals surface area contributed by atoms with Crippen molar-refractivity contribution in [1.82, 2.24) is 0 Å². The molecule has 0 heterocycles. The van der Waals surface area contributed by atoms with Crippen molar-refractivity contribution in [3.63, 3.8) is 0 Å². The third-order valence-corrected chi connectivity index (χ3v) is 6.04. The van der Waals surface area contributed by atoms with E-state index in [4.69, 9.17) is 9.16 Å². The van der Waals surface area contributed by atoms with Gasteiger partial charge >= 0.3 is 0 Å². The molecule has 0 amide bonds. The van der Waals surface area contributed by atoms with Crippen LogP contribution < -0.4 is 5.19 Å². The highest BCUT2D eigenvalue weighted by atomic mass is 28.4. The molecular formula is C14H22O2Si. The van der Waals surface area contributed by atoms with Crippen LogP contribution in [0, 0.1) is 0 Å². The minimum absolute atomic E-state index is 0.713. The van der Waals surface area contributed by atoms with Crippen molar-refractivity contribution in [3.8, 4) is 0 Å². The Morgan fingerprint density at radius 1 is 1.18 bits per heavy atom. The monoisotopic (exact) mass is 250 g/mol. The van der Waals surface area contributed by atoms with Gasteiger partial charge in [0.2, 0.25) is 8.32 Å². The molecule has 0 bridgehead atoms. The van der Waals surface area contributed by atoms with Crippen LogP contribution in [0.5, 0.6) is 0 Å². The van der Waals surface area contributed by atoms with Crippen LogP contribution in [0.15, 0.2) is 30.8 Å². The van der Waals surface area contributed by atoms with Crippen LogP contribution in [-0.2, 0) is 9.16 Å². The molecular weight excluding hydrogens is 228 g/mol. The van der Waals surface area contributed by atoms with Gasteiger partial charge in [0, 0.05) is 13.2 Å². The Kier molecular flexibility index (Phi) is 5.61. The van der Waals surface area contributed by atoms with E-state index in [2.05, 4.69) is 37.4 Å². The second-order valence-corrected chi connectivity index (χ2v) is 7.74. The predicted octanol–water partition coefficient (Wildman–Crippen LogP) is 2.72. The standard InChI is InChI=1S/C14H22O2Si/c1-5-13-8-10-14(11-9-13)17(4,16-7-3)12-15-6-2/h5,8-11H,1,6-7,12H2,2-4H3. The maximum atomic E-state index is 5.98. The lowest BCUT2D eigenvalue weighted by Gasteiger charge is -2.27. The van der Waals surface area contributed by atoms with Crippen molar-refractivity contribution < 1.29 is 9.16 Å². The van der Waals surface area contributed by atoms with Crippen molar-refractivity contribution in [3.05, 3.63) is 36.4 Å². The van der Waals surface area contributed by atoms with Gasteiger partial charge in [-0.15, -0.1) is 0 Å². The van der Waals surface area contributed by atoms with E-state index >= 15 is 0 Å². The normalized spacial score (nSPS) is 14.3. The molecule has 0 radical (unpaired) electrons. The first-order valence-corrected chi connectivity index (χ1v) is 8.72. The predicted molar refractivity (Wildman–Crippen MR) is 75.9 cm³/mol. The van der Waals surface area contributed by atoms with Gasteiger partial charge in [0.25, 0.3) is 0 Å². The largest absolute Gasteiger partial charge is 0.411 e. The van der Waals surface area contributed by atoms with Crippen LogP contribution >= 0.6 is 0 Å². The van der Waals surface area contributed by atoms with Gasteiger partial charge in [-0.1, -0.05) is 36.9 Å². The second kappa shape index (κ2) is 6.74. The van der Waals surface area contributed by atoms with E-state index < -0.39 is 8.32 Å². The first-order valence-electron chi connectivity index (χ1n) is 6.11. The summed E-state index contributed by atoms with van der Waals surface area (Å²) in [6.45, 7) is 11.5. The summed E-state index contributed by atoms with van der Waals surface area (Å²) in [5.74, 6) is 0. The summed E-state index contributed by atoms with van der Waals surface area (Å²) < 4.78 is 11.6. The third kappa shape index (κ3) is 3.80. The topological polar surface area (TPSA) is 18.5 Å². The van der Waals surface area contributed by atoms with Crippen LogP contribution in [0.3, 0.4) is 0 Å². The van der Waals surface area contributed by atoms with Crippen LogP contribution in [0.25, 0.3) is 6.08 Å². The zero-order valence-electron chi connectivity index (χ0n) is 11.0. The molecule has 1 rings (SSSR count). The van der Waals surface area contributed by atoms with Crippen molar-refractivity contribution in [2.75, 3.05) is 19.4 Å². The van der Waals surface area contributed by atoms with Gasteiger partial charge in [-0.05, 0) is 31.1 Å². The van der Waals surface area contributed by atoms with Crippen molar-refractivity contribution in [2.45, 2.75) is 20.4 Å². The fourth-order valence-electron chi connectivity index (χ4n) is 1.80. The fourth-order valence-corrected chi connectivity index (χ4v) is 4.31. The summed E-state index contributed by atoms with van der Waals surface area (Å²) in [5.41, 5.74) is 1.14.